The Morgan fingerprint density at radius 1 is 1.53 bits per heavy atom. The molecule has 0 aliphatic rings. The monoisotopic (exact) mass is 255 g/mol. The lowest BCUT2D eigenvalue weighted by Crippen LogP contribution is -2.40. The summed E-state index contributed by atoms with van der Waals surface area (Å²) in [5.41, 5.74) is 5.94. The molecule has 0 spiro atoms. The first-order chi connectivity index (χ1) is 7.85. The van der Waals surface area contributed by atoms with Gasteiger partial charge in [0.2, 0.25) is 0 Å². The molecule has 0 aliphatic carbocycles. The van der Waals surface area contributed by atoms with E-state index in [9.17, 15) is 4.79 Å². The Hall–Kier alpha value is -1.13. The Kier molecular flexibility index (Phi) is 4.48. The van der Waals surface area contributed by atoms with Gasteiger partial charge < -0.3 is 10.6 Å². The van der Waals surface area contributed by atoms with Crippen molar-refractivity contribution >= 4 is 17.5 Å². The Balaban J connectivity index is 2.73. The van der Waals surface area contributed by atoms with Crippen molar-refractivity contribution in [1.82, 2.24) is 9.88 Å². The van der Waals surface area contributed by atoms with Crippen molar-refractivity contribution in [3.63, 3.8) is 0 Å². The molecule has 5 heteroatoms. The van der Waals surface area contributed by atoms with Gasteiger partial charge in [-0.05, 0) is 24.1 Å². The summed E-state index contributed by atoms with van der Waals surface area (Å²) in [7, 11) is 1.75. The number of pyridine rings is 1. The zero-order valence-electron chi connectivity index (χ0n) is 10.4. The van der Waals surface area contributed by atoms with Gasteiger partial charge in [-0.1, -0.05) is 25.4 Å². The van der Waals surface area contributed by atoms with Crippen molar-refractivity contribution in [2.45, 2.75) is 13.8 Å². The number of aromatic nitrogens is 1. The third kappa shape index (κ3) is 3.98. The molecule has 1 aromatic heterocycles. The second-order valence-electron chi connectivity index (χ2n) is 4.89. The maximum atomic E-state index is 12.0. The van der Waals surface area contributed by atoms with Crippen LogP contribution in [0.2, 0.25) is 5.02 Å². The molecular weight excluding hydrogens is 238 g/mol. The summed E-state index contributed by atoms with van der Waals surface area (Å²) in [6, 6.07) is 3.28. The highest BCUT2D eigenvalue weighted by Crippen LogP contribution is 2.15. The highest BCUT2D eigenvalue weighted by Gasteiger charge is 2.22. The van der Waals surface area contributed by atoms with E-state index in [-0.39, 0.29) is 11.3 Å². The van der Waals surface area contributed by atoms with Crippen molar-refractivity contribution < 1.29 is 4.79 Å². The van der Waals surface area contributed by atoms with Gasteiger partial charge in [0.05, 0.1) is 5.02 Å². The first kappa shape index (κ1) is 13.9. The predicted molar refractivity (Wildman–Crippen MR) is 69.0 cm³/mol. The van der Waals surface area contributed by atoms with Gasteiger partial charge in [0, 0.05) is 19.8 Å². The predicted octanol–water partition coefficient (Wildman–Crippen LogP) is 1.79. The van der Waals surface area contributed by atoms with Gasteiger partial charge in [0.15, 0.2) is 0 Å². The van der Waals surface area contributed by atoms with Crippen molar-refractivity contribution in [2.75, 3.05) is 20.1 Å². The summed E-state index contributed by atoms with van der Waals surface area (Å²) >= 11 is 5.72. The molecule has 0 unspecified atom stereocenters. The van der Waals surface area contributed by atoms with E-state index < -0.39 is 0 Å². The minimum absolute atomic E-state index is 0.100. The van der Waals surface area contributed by atoms with Crippen molar-refractivity contribution in [3.05, 3.63) is 29.0 Å². The molecule has 0 saturated heterocycles. The van der Waals surface area contributed by atoms with Gasteiger partial charge in [-0.2, -0.15) is 0 Å². The summed E-state index contributed by atoms with van der Waals surface area (Å²) in [4.78, 5) is 17.7. The highest BCUT2D eigenvalue weighted by atomic mass is 35.5. The summed E-state index contributed by atoms with van der Waals surface area (Å²) in [5.74, 6) is -0.122. The molecule has 2 N–H and O–H groups in total. The van der Waals surface area contributed by atoms with Crippen LogP contribution in [0, 0.1) is 5.41 Å². The molecule has 4 nitrogen and oxygen atoms in total. The van der Waals surface area contributed by atoms with E-state index in [2.05, 4.69) is 4.98 Å². The van der Waals surface area contributed by atoms with Gasteiger partial charge in [-0.3, -0.25) is 4.79 Å². The Morgan fingerprint density at radius 3 is 2.65 bits per heavy atom. The minimum atomic E-state index is -0.122. The third-order valence-corrected chi connectivity index (χ3v) is 2.73. The fourth-order valence-electron chi connectivity index (χ4n) is 1.48. The number of carbonyl (C=O) groups excluding carboxylic acids is 1. The molecular formula is C12H18ClN3O. The molecule has 0 saturated carbocycles. The van der Waals surface area contributed by atoms with Gasteiger partial charge in [0.25, 0.3) is 5.91 Å². The smallest absolute Gasteiger partial charge is 0.272 e. The average molecular weight is 256 g/mol. The number of rotatable bonds is 4. The second kappa shape index (κ2) is 5.47. The number of hydrogen-bond acceptors (Lipinski definition) is 3. The molecule has 1 aromatic rings. The van der Waals surface area contributed by atoms with Crippen LogP contribution in [-0.4, -0.2) is 35.9 Å². The van der Waals surface area contributed by atoms with Crippen molar-refractivity contribution in [1.29, 1.82) is 0 Å². The molecule has 0 aromatic carbocycles. The molecule has 0 fully saturated rings. The summed E-state index contributed by atoms with van der Waals surface area (Å²) < 4.78 is 0. The normalized spacial score (nSPS) is 11.4. The number of halogens is 1. The van der Waals surface area contributed by atoms with Crippen molar-refractivity contribution in [2.24, 2.45) is 11.1 Å². The van der Waals surface area contributed by atoms with E-state index in [1.54, 1.807) is 24.1 Å². The number of carbonyl (C=O) groups is 1. The fourth-order valence-corrected chi connectivity index (χ4v) is 1.59. The summed E-state index contributed by atoms with van der Waals surface area (Å²) in [6.07, 6.45) is 1.47. The largest absolute Gasteiger partial charge is 0.340 e. The van der Waals surface area contributed by atoms with Crippen LogP contribution >= 0.6 is 11.6 Å². The summed E-state index contributed by atoms with van der Waals surface area (Å²) in [5, 5.41) is 0.520. The quantitative estimate of drug-likeness (QED) is 0.892. The molecule has 0 aliphatic heterocycles. The van der Waals surface area contributed by atoms with Crippen LogP contribution in [0.3, 0.4) is 0 Å². The van der Waals surface area contributed by atoms with Crippen LogP contribution < -0.4 is 5.73 Å². The molecule has 0 radical (unpaired) electrons. The van der Waals surface area contributed by atoms with Gasteiger partial charge in [0.1, 0.15) is 5.69 Å². The molecule has 0 atom stereocenters. The zero-order chi connectivity index (χ0) is 13.1. The van der Waals surface area contributed by atoms with E-state index in [1.165, 1.54) is 6.20 Å². The van der Waals surface area contributed by atoms with Crippen LogP contribution in [0.5, 0.6) is 0 Å². The first-order valence-corrected chi connectivity index (χ1v) is 5.80. The minimum Gasteiger partial charge on any atom is -0.340 e. The van der Waals surface area contributed by atoms with Crippen LogP contribution in [0.1, 0.15) is 24.3 Å². The number of nitrogens with zero attached hydrogens (tertiary/aromatic N) is 2. The average Bonchev–Trinajstić information content (AvgIpc) is 2.28. The van der Waals surface area contributed by atoms with Crippen LogP contribution in [0.4, 0.5) is 0 Å². The Bertz CT molecular complexity index is 389. The van der Waals surface area contributed by atoms with Crippen LogP contribution in [0.25, 0.3) is 0 Å². The van der Waals surface area contributed by atoms with Crippen LogP contribution in [-0.2, 0) is 0 Å². The number of amides is 1. The van der Waals surface area contributed by atoms with Gasteiger partial charge >= 0.3 is 0 Å². The molecule has 1 amide bonds. The van der Waals surface area contributed by atoms with E-state index in [0.29, 0.717) is 23.8 Å². The maximum Gasteiger partial charge on any atom is 0.272 e. The lowest BCUT2D eigenvalue weighted by atomic mass is 9.93. The summed E-state index contributed by atoms with van der Waals surface area (Å²) in [6.45, 7) is 5.16. The zero-order valence-corrected chi connectivity index (χ0v) is 11.2. The third-order valence-electron chi connectivity index (χ3n) is 2.51. The van der Waals surface area contributed by atoms with Crippen molar-refractivity contribution in [3.8, 4) is 0 Å². The van der Waals surface area contributed by atoms with Crippen LogP contribution in [0.15, 0.2) is 18.3 Å². The molecule has 17 heavy (non-hydrogen) atoms. The topological polar surface area (TPSA) is 59.2 Å². The molecule has 1 rings (SSSR count). The SMILES string of the molecule is CN(CC(C)(C)CN)C(=O)c1ccc(Cl)cn1. The first-order valence-electron chi connectivity index (χ1n) is 5.43. The number of nitrogens with two attached hydrogens (primary N) is 1. The highest BCUT2D eigenvalue weighted by molar-refractivity contribution is 6.30. The maximum absolute atomic E-state index is 12.0. The lowest BCUT2D eigenvalue weighted by molar-refractivity contribution is 0.0735. The van der Waals surface area contributed by atoms with E-state index in [4.69, 9.17) is 17.3 Å². The number of hydrogen-bond donors (Lipinski definition) is 1. The van der Waals surface area contributed by atoms with E-state index in [0.717, 1.165) is 0 Å². The molecule has 94 valence electrons. The molecule has 0 bridgehead atoms. The Morgan fingerprint density at radius 2 is 2.18 bits per heavy atom. The van der Waals surface area contributed by atoms with Gasteiger partial charge in [-0.15, -0.1) is 0 Å². The standard InChI is InChI=1S/C12H18ClN3O/c1-12(2,7-14)8-16(3)11(17)10-5-4-9(13)6-15-10/h4-6H,7-8,14H2,1-3H3. The van der Waals surface area contributed by atoms with E-state index in [1.807, 2.05) is 13.8 Å². The Labute approximate surface area is 107 Å². The second-order valence-corrected chi connectivity index (χ2v) is 5.33. The van der Waals surface area contributed by atoms with E-state index >= 15 is 0 Å². The lowest BCUT2D eigenvalue weighted by Gasteiger charge is -2.28. The molecule has 1 heterocycles. The fraction of sp³-hybridized carbons (Fsp3) is 0.500. The van der Waals surface area contributed by atoms with Gasteiger partial charge in [-0.25, -0.2) is 4.98 Å².